The molecule has 0 aliphatic carbocycles. The first-order chi connectivity index (χ1) is 13.8. The summed E-state index contributed by atoms with van der Waals surface area (Å²) in [4.78, 5) is 16.3. The molecule has 1 aliphatic rings. The van der Waals surface area contributed by atoms with Crippen molar-refractivity contribution >= 4 is 21.6 Å². The largest absolute Gasteiger partial charge is 0.416 e. The van der Waals surface area contributed by atoms with E-state index in [9.17, 15) is 26.4 Å². The second kappa shape index (κ2) is 9.34. The molecule has 30 heavy (non-hydrogen) atoms. The van der Waals surface area contributed by atoms with Gasteiger partial charge in [0.25, 0.3) is 5.91 Å². The molecule has 1 aliphatic heterocycles. The van der Waals surface area contributed by atoms with Crippen molar-refractivity contribution in [2.45, 2.75) is 44.7 Å². The van der Waals surface area contributed by atoms with Crippen molar-refractivity contribution in [3.8, 4) is 0 Å². The third-order valence-corrected chi connectivity index (χ3v) is 6.20. The Morgan fingerprint density at radius 2 is 1.83 bits per heavy atom. The molecule has 1 N–H and O–H groups in total. The normalized spacial score (nSPS) is 16.3. The number of carbonyl (C=O) groups excluding carboxylic acids is 1. The predicted octanol–water partition coefficient (Wildman–Crippen LogP) is 3.02. The summed E-state index contributed by atoms with van der Waals surface area (Å²) in [5.41, 5.74) is -0.477. The van der Waals surface area contributed by atoms with Crippen LogP contribution in [0.2, 0.25) is 0 Å². The number of oxime groups is 1. The molecule has 2 rings (SSSR count). The molecular formula is C19H26F3N3O4S. The number of hydrogen-bond acceptors (Lipinski definition) is 5. The molecule has 1 amide bonds. The fourth-order valence-corrected chi connectivity index (χ4v) is 4.14. The van der Waals surface area contributed by atoms with Crippen molar-refractivity contribution in [2.75, 3.05) is 26.2 Å². The van der Waals surface area contributed by atoms with Crippen molar-refractivity contribution < 1.29 is 31.2 Å². The third-order valence-electron chi connectivity index (χ3n) is 4.30. The Morgan fingerprint density at radius 3 is 2.40 bits per heavy atom. The van der Waals surface area contributed by atoms with E-state index in [1.54, 1.807) is 0 Å². The van der Waals surface area contributed by atoms with Crippen molar-refractivity contribution in [1.82, 2.24) is 9.62 Å². The Hall–Kier alpha value is -2.14. The Balaban J connectivity index is 1.90. The molecule has 0 saturated carbocycles. The van der Waals surface area contributed by atoms with Gasteiger partial charge in [0.05, 0.1) is 16.2 Å². The minimum absolute atomic E-state index is 0.0561. The van der Waals surface area contributed by atoms with Gasteiger partial charge in [-0.1, -0.05) is 32.0 Å². The molecule has 0 aromatic heterocycles. The Bertz CT molecular complexity index is 883. The summed E-state index contributed by atoms with van der Waals surface area (Å²) < 4.78 is 65.0. The first-order valence-electron chi connectivity index (χ1n) is 9.41. The quantitative estimate of drug-likeness (QED) is 0.677. The SMILES string of the molecule is CC(C)(C)CNC(=O)CON=C1CCN(S(=O)(=O)c2cccc(C(F)(F)F)c2)CC1. The van der Waals surface area contributed by atoms with Crippen molar-refractivity contribution in [3.05, 3.63) is 29.8 Å². The van der Waals surface area contributed by atoms with Crippen molar-refractivity contribution in [1.29, 1.82) is 0 Å². The van der Waals surface area contributed by atoms with Gasteiger partial charge >= 0.3 is 6.18 Å². The number of benzene rings is 1. The maximum Gasteiger partial charge on any atom is 0.416 e. The highest BCUT2D eigenvalue weighted by molar-refractivity contribution is 7.89. The number of hydrogen-bond donors (Lipinski definition) is 1. The van der Waals surface area contributed by atoms with Crippen LogP contribution < -0.4 is 5.32 Å². The zero-order chi connectivity index (χ0) is 22.6. The first-order valence-corrected chi connectivity index (χ1v) is 10.8. The van der Waals surface area contributed by atoms with Crippen LogP contribution in [0.3, 0.4) is 0 Å². The van der Waals surface area contributed by atoms with Gasteiger partial charge in [-0.05, 0) is 23.6 Å². The van der Waals surface area contributed by atoms with E-state index in [0.29, 0.717) is 18.3 Å². The van der Waals surface area contributed by atoms with Gasteiger partial charge in [-0.15, -0.1) is 0 Å². The summed E-state index contributed by atoms with van der Waals surface area (Å²) in [5, 5.41) is 6.61. The lowest BCUT2D eigenvalue weighted by molar-refractivity contribution is -0.137. The second-order valence-corrected chi connectivity index (χ2v) is 10.1. The van der Waals surface area contributed by atoms with Gasteiger partial charge in [-0.25, -0.2) is 8.42 Å². The van der Waals surface area contributed by atoms with E-state index in [-0.39, 0.29) is 43.9 Å². The standard InChI is InChI=1S/C19H26F3N3O4S/c1-18(2,3)13-23-17(26)12-29-24-15-7-9-25(10-8-15)30(27,28)16-6-4-5-14(11-16)19(20,21)22/h4-6,11H,7-10,12-13H2,1-3H3,(H,23,26). The Morgan fingerprint density at radius 1 is 1.20 bits per heavy atom. The van der Waals surface area contributed by atoms with E-state index in [1.807, 2.05) is 20.8 Å². The first kappa shape index (κ1) is 24.1. The van der Waals surface area contributed by atoms with Crippen molar-refractivity contribution in [3.63, 3.8) is 0 Å². The van der Waals surface area contributed by atoms with E-state index in [4.69, 9.17) is 4.84 Å². The van der Waals surface area contributed by atoms with Crippen LogP contribution in [-0.4, -0.2) is 50.6 Å². The molecule has 1 saturated heterocycles. The number of halogens is 3. The summed E-state index contributed by atoms with van der Waals surface area (Å²) in [6.45, 7) is 6.33. The fourth-order valence-electron chi connectivity index (χ4n) is 2.65. The summed E-state index contributed by atoms with van der Waals surface area (Å²) >= 11 is 0. The highest BCUT2D eigenvalue weighted by Gasteiger charge is 2.33. The van der Waals surface area contributed by atoms with Gasteiger partial charge in [0.1, 0.15) is 0 Å². The number of rotatable bonds is 6. The lowest BCUT2D eigenvalue weighted by Crippen LogP contribution is -2.39. The minimum Gasteiger partial charge on any atom is -0.386 e. The van der Waals surface area contributed by atoms with Crippen LogP contribution in [0.15, 0.2) is 34.3 Å². The van der Waals surface area contributed by atoms with Gasteiger partial charge in [0.2, 0.25) is 10.0 Å². The molecule has 1 aromatic carbocycles. The Kier molecular flexibility index (Phi) is 7.51. The third kappa shape index (κ3) is 6.98. The zero-order valence-corrected chi connectivity index (χ0v) is 17.9. The number of alkyl halides is 3. The average Bonchev–Trinajstić information content (AvgIpc) is 2.66. The molecule has 0 unspecified atom stereocenters. The molecule has 168 valence electrons. The predicted molar refractivity (Wildman–Crippen MR) is 105 cm³/mol. The topological polar surface area (TPSA) is 88.1 Å². The van der Waals surface area contributed by atoms with Crippen LogP contribution in [0.4, 0.5) is 13.2 Å². The summed E-state index contributed by atoms with van der Waals surface area (Å²) in [6.07, 6.45) is -4.09. The number of carbonyl (C=O) groups is 1. The van der Waals surface area contributed by atoms with Gasteiger partial charge in [0, 0.05) is 32.5 Å². The molecule has 0 radical (unpaired) electrons. The van der Waals surface area contributed by atoms with E-state index in [0.717, 1.165) is 22.5 Å². The fraction of sp³-hybridized carbons (Fsp3) is 0.579. The lowest BCUT2D eigenvalue weighted by Gasteiger charge is -2.27. The highest BCUT2D eigenvalue weighted by Crippen LogP contribution is 2.31. The molecule has 1 heterocycles. The zero-order valence-electron chi connectivity index (χ0n) is 17.1. The van der Waals surface area contributed by atoms with Crippen LogP contribution in [0.5, 0.6) is 0 Å². The van der Waals surface area contributed by atoms with Gasteiger partial charge in [0.15, 0.2) is 6.61 Å². The van der Waals surface area contributed by atoms with Crippen LogP contribution in [0.25, 0.3) is 0 Å². The molecule has 1 fully saturated rings. The molecule has 0 atom stereocenters. The smallest absolute Gasteiger partial charge is 0.386 e. The number of amides is 1. The Labute approximate surface area is 174 Å². The summed E-state index contributed by atoms with van der Waals surface area (Å²) in [7, 11) is -4.05. The molecular weight excluding hydrogens is 423 g/mol. The summed E-state index contributed by atoms with van der Waals surface area (Å²) in [5.74, 6) is -0.307. The second-order valence-electron chi connectivity index (χ2n) is 8.20. The lowest BCUT2D eigenvalue weighted by atomic mass is 9.97. The molecule has 0 spiro atoms. The number of piperidine rings is 1. The summed E-state index contributed by atoms with van der Waals surface area (Å²) in [6, 6.07) is 3.69. The number of nitrogens with zero attached hydrogens (tertiary/aromatic N) is 2. The maximum atomic E-state index is 12.9. The number of sulfonamides is 1. The van der Waals surface area contributed by atoms with Gasteiger partial charge in [-0.3, -0.25) is 4.79 Å². The van der Waals surface area contributed by atoms with Crippen LogP contribution in [0.1, 0.15) is 39.2 Å². The molecule has 7 nitrogen and oxygen atoms in total. The molecule has 1 aromatic rings. The van der Waals surface area contributed by atoms with E-state index < -0.39 is 26.7 Å². The highest BCUT2D eigenvalue weighted by atomic mass is 32.2. The molecule has 0 bridgehead atoms. The van der Waals surface area contributed by atoms with E-state index >= 15 is 0 Å². The van der Waals surface area contributed by atoms with Crippen LogP contribution in [0, 0.1) is 5.41 Å². The van der Waals surface area contributed by atoms with Crippen molar-refractivity contribution in [2.24, 2.45) is 10.6 Å². The maximum absolute atomic E-state index is 12.9. The van der Waals surface area contributed by atoms with E-state index in [1.165, 1.54) is 0 Å². The number of nitrogens with one attached hydrogen (secondary N) is 1. The van der Waals surface area contributed by atoms with Crippen LogP contribution >= 0.6 is 0 Å². The average molecular weight is 449 g/mol. The van der Waals surface area contributed by atoms with Gasteiger partial charge < -0.3 is 10.2 Å². The molecule has 11 heteroatoms. The minimum atomic E-state index is -4.62. The monoisotopic (exact) mass is 449 g/mol. The van der Waals surface area contributed by atoms with E-state index in [2.05, 4.69) is 10.5 Å². The van der Waals surface area contributed by atoms with Gasteiger partial charge in [-0.2, -0.15) is 17.5 Å². The van der Waals surface area contributed by atoms with Crippen LogP contribution in [-0.2, 0) is 25.8 Å².